The number of nitrogens with zero attached hydrogens (tertiary/aromatic N) is 3. The number of aliphatic carboxylic acids is 2. The van der Waals surface area contributed by atoms with Crippen molar-refractivity contribution in [3.63, 3.8) is 0 Å². The summed E-state index contributed by atoms with van der Waals surface area (Å²) in [5.41, 5.74) is 22.0. The number of ether oxygens (including phenoxy) is 8. The number of aliphatic imine (C=N–C) groups is 2. The van der Waals surface area contributed by atoms with Gasteiger partial charge in [0.15, 0.2) is 30.2 Å². The lowest BCUT2D eigenvalue weighted by molar-refractivity contribution is -0.176. The summed E-state index contributed by atoms with van der Waals surface area (Å²) in [6.07, 6.45) is -0.432. The molecule has 0 aliphatic carbocycles. The van der Waals surface area contributed by atoms with Gasteiger partial charge in [-0.25, -0.2) is 19.6 Å². The summed E-state index contributed by atoms with van der Waals surface area (Å²) < 4.78 is 44.4. The molecule has 73 heavy (non-hydrogen) atoms. The maximum atomic E-state index is 12.8. The van der Waals surface area contributed by atoms with Crippen LogP contribution < -0.4 is 28.3 Å². The van der Waals surface area contributed by atoms with Crippen molar-refractivity contribution in [2.24, 2.45) is 38.8 Å². The van der Waals surface area contributed by atoms with Crippen molar-refractivity contribution < 1.29 is 92.5 Å². The van der Waals surface area contributed by atoms with Crippen LogP contribution in [-0.4, -0.2) is 218 Å². The summed E-state index contributed by atoms with van der Waals surface area (Å²) in [6, 6.07) is -3.18. The maximum absolute atomic E-state index is 12.8. The molecule has 2 heterocycles. The highest BCUT2D eigenvalue weighted by atomic mass is 16.6. The van der Waals surface area contributed by atoms with E-state index in [1.54, 1.807) is 6.92 Å². The molecule has 0 saturated carbocycles. The minimum Gasteiger partial charge on any atom is -0.479 e. The fraction of sp³-hybridized carbons (Fsp3) is 0.761. The van der Waals surface area contributed by atoms with Crippen molar-refractivity contribution in [2.45, 2.75) is 133 Å². The Morgan fingerprint density at radius 3 is 1.44 bits per heavy atom. The van der Waals surface area contributed by atoms with Crippen LogP contribution >= 0.6 is 0 Å². The summed E-state index contributed by atoms with van der Waals surface area (Å²) in [6.45, 7) is 6.13. The molecule has 0 saturated heterocycles. The number of hydrogen-bond acceptors (Lipinski definition) is 20. The second-order valence-corrected chi connectivity index (χ2v) is 17.5. The second kappa shape index (κ2) is 35.7. The lowest BCUT2D eigenvalue weighted by Gasteiger charge is -2.39. The van der Waals surface area contributed by atoms with Crippen LogP contribution in [-0.2, 0) is 61.9 Å². The molecule has 10 atom stereocenters. The van der Waals surface area contributed by atoms with Gasteiger partial charge in [-0.1, -0.05) is 6.92 Å². The van der Waals surface area contributed by atoms with Gasteiger partial charge in [0.25, 0.3) is 0 Å². The Balaban J connectivity index is 1.50. The van der Waals surface area contributed by atoms with Crippen LogP contribution in [0.15, 0.2) is 33.7 Å². The van der Waals surface area contributed by atoms with E-state index in [-0.39, 0.29) is 38.4 Å². The van der Waals surface area contributed by atoms with Gasteiger partial charge < -0.3 is 102 Å². The molecular weight excluding hydrogens is 969 g/mol. The Morgan fingerprint density at radius 1 is 0.630 bits per heavy atom. The Bertz CT molecular complexity index is 1800. The lowest BCUT2D eigenvalue weighted by Crippen LogP contribution is -2.60. The van der Waals surface area contributed by atoms with Crippen LogP contribution in [0, 0.1) is 5.92 Å². The summed E-state index contributed by atoms with van der Waals surface area (Å²) in [4.78, 5) is 71.2. The number of aliphatic hydroxyl groups excluding tert-OH is 4. The van der Waals surface area contributed by atoms with Gasteiger partial charge in [0.05, 0.1) is 57.8 Å². The first kappa shape index (κ1) is 63.7. The third-order valence-electron chi connectivity index (χ3n) is 11.4. The van der Waals surface area contributed by atoms with E-state index < -0.39 is 121 Å². The zero-order valence-corrected chi connectivity index (χ0v) is 42.1. The molecule has 0 aromatic carbocycles. The molecule has 2 rings (SSSR count). The second-order valence-electron chi connectivity index (χ2n) is 17.5. The molecule has 27 heteroatoms. The van der Waals surface area contributed by atoms with Crippen LogP contribution in [0.5, 0.6) is 0 Å². The van der Waals surface area contributed by atoms with E-state index in [0.717, 1.165) is 57.7 Å². The largest absolute Gasteiger partial charge is 0.479 e. The van der Waals surface area contributed by atoms with Gasteiger partial charge in [-0.2, -0.15) is 0 Å². The van der Waals surface area contributed by atoms with Gasteiger partial charge >= 0.3 is 23.9 Å². The summed E-state index contributed by atoms with van der Waals surface area (Å²) in [5, 5.41) is 62.0. The number of nitrogens with one attached hydrogen (secondary N) is 1. The molecule has 1 amide bonds. The molecule has 418 valence electrons. The van der Waals surface area contributed by atoms with E-state index in [1.165, 1.54) is 13.0 Å². The monoisotopic (exact) mass is 1050 g/mol. The van der Waals surface area contributed by atoms with Crippen molar-refractivity contribution in [3.05, 3.63) is 23.7 Å². The number of carboxylic acids is 2. The molecule has 0 fully saturated rings. The molecule has 0 bridgehead atoms. The topological polar surface area (TPSA) is 425 Å². The van der Waals surface area contributed by atoms with Gasteiger partial charge in [-0.15, -0.1) is 0 Å². The summed E-state index contributed by atoms with van der Waals surface area (Å²) in [7, 11) is 2.09. The quantitative estimate of drug-likeness (QED) is 0.0132. The highest BCUT2D eigenvalue weighted by Gasteiger charge is 2.47. The fourth-order valence-corrected chi connectivity index (χ4v) is 7.68. The first-order valence-corrected chi connectivity index (χ1v) is 24.4. The van der Waals surface area contributed by atoms with Gasteiger partial charge in [-0.05, 0) is 83.7 Å². The van der Waals surface area contributed by atoms with Crippen LogP contribution in [0.4, 0.5) is 0 Å². The standard InChI is InChI=1S/C46H80N8O19/c1-28-30(52-45(47)48)24-34(43(62)63)70-39(28)40(32(58)26-55)72-36(60)12-10-18-68-22-20-66-16-8-4-6-14-54(3)15-7-5-9-17-67-21-23-69-19-11-13-37(61)73-41(33(59)27-56)42-38(51-29(2)57)31(53-46(49)50)25-35(71-42)44(64)65/h24-25,28,30-33,38-42,55-56,58-59H,4-23,26-27H2,1-3H3,(H,51,57)(H,62,63)(H,64,65)(H4,47,48,52)(H4,49,50,53)/t28-,30+,31+,32-,33-,38-,39-,40-,41-,42-/m1/s1. The van der Waals surface area contributed by atoms with Gasteiger partial charge in [0.2, 0.25) is 17.4 Å². The Hall–Kier alpha value is -5.39. The molecule has 2 aliphatic heterocycles. The van der Waals surface area contributed by atoms with Gasteiger partial charge in [-0.3, -0.25) is 14.4 Å². The number of carbonyl (C=O) groups excluding carboxylic acids is 3. The van der Waals surface area contributed by atoms with Crippen molar-refractivity contribution in [3.8, 4) is 0 Å². The molecule has 2 aliphatic rings. The predicted molar refractivity (Wildman–Crippen MR) is 260 cm³/mol. The van der Waals surface area contributed by atoms with Crippen LogP contribution in [0.2, 0.25) is 0 Å². The van der Waals surface area contributed by atoms with Gasteiger partial charge in [0.1, 0.15) is 18.3 Å². The van der Waals surface area contributed by atoms with E-state index in [4.69, 9.17) is 60.8 Å². The first-order chi connectivity index (χ1) is 34.8. The van der Waals surface area contributed by atoms with E-state index in [2.05, 4.69) is 27.2 Å². The van der Waals surface area contributed by atoms with E-state index in [9.17, 15) is 54.6 Å². The van der Waals surface area contributed by atoms with Crippen molar-refractivity contribution in [1.29, 1.82) is 0 Å². The molecule has 27 nitrogen and oxygen atoms in total. The number of carboxylic acid groups (broad SMARTS) is 2. The number of nitrogens with two attached hydrogens (primary N) is 4. The Morgan fingerprint density at radius 2 is 1.03 bits per heavy atom. The average Bonchev–Trinajstić information content (AvgIpc) is 3.33. The molecule has 0 unspecified atom stereocenters. The van der Waals surface area contributed by atoms with Crippen LogP contribution in [0.1, 0.15) is 78.1 Å². The molecule has 15 N–H and O–H groups in total. The number of rotatable bonds is 39. The lowest BCUT2D eigenvalue weighted by atomic mass is 9.87. The smallest absolute Gasteiger partial charge is 0.370 e. The first-order valence-electron chi connectivity index (χ1n) is 24.4. The zero-order valence-electron chi connectivity index (χ0n) is 42.1. The normalized spacial score (nSPS) is 21.2. The predicted octanol–water partition coefficient (Wildman–Crippen LogP) is -2.43. The van der Waals surface area contributed by atoms with E-state index >= 15 is 0 Å². The third kappa shape index (κ3) is 25.4. The number of esters is 2. The SMILES string of the molecule is CC(=O)N[C@H]1[C@H]([C@H](OC(=O)CCCOCCOCCCCCN(C)CCCCCOCCOCCCC(=O)O[C@@H]([C@@H]2OC(C(=O)O)=C[C@H](N=C(N)N)[C@H]2C)[C@H](O)CO)[C@H](O)CO)OC(C(=O)O)=C[C@@H]1N=C(N)N. The van der Waals surface area contributed by atoms with Crippen molar-refractivity contribution in [2.75, 3.05) is 86.2 Å². The molecular formula is C46H80N8O19. The van der Waals surface area contributed by atoms with Crippen molar-refractivity contribution in [1.82, 2.24) is 10.2 Å². The number of carbonyl (C=O) groups is 5. The molecule has 0 aromatic heterocycles. The minimum absolute atomic E-state index is 0.0637. The molecule has 0 spiro atoms. The Labute approximate surface area is 425 Å². The summed E-state index contributed by atoms with van der Waals surface area (Å²) in [5.74, 6) is -7.39. The number of amides is 1. The number of hydrogen-bond donors (Lipinski definition) is 11. The highest BCUT2D eigenvalue weighted by Crippen LogP contribution is 2.31. The third-order valence-corrected chi connectivity index (χ3v) is 11.4. The van der Waals surface area contributed by atoms with Gasteiger partial charge in [0, 0.05) is 52.1 Å². The van der Waals surface area contributed by atoms with E-state index in [0.29, 0.717) is 46.1 Å². The molecule has 0 radical (unpaired) electrons. The highest BCUT2D eigenvalue weighted by molar-refractivity contribution is 5.86. The minimum atomic E-state index is -1.71. The fourth-order valence-electron chi connectivity index (χ4n) is 7.68. The van der Waals surface area contributed by atoms with E-state index in [1.807, 2.05) is 0 Å². The van der Waals surface area contributed by atoms with Crippen LogP contribution in [0.3, 0.4) is 0 Å². The number of unbranched alkanes of at least 4 members (excludes halogenated alkanes) is 4. The zero-order chi connectivity index (χ0) is 54.3. The van der Waals surface area contributed by atoms with Crippen LogP contribution in [0.25, 0.3) is 0 Å². The maximum Gasteiger partial charge on any atom is 0.370 e. The number of aliphatic hydroxyl groups is 4. The summed E-state index contributed by atoms with van der Waals surface area (Å²) >= 11 is 0. The van der Waals surface area contributed by atoms with Crippen molar-refractivity contribution >= 4 is 41.7 Å². The average molecular weight is 1050 g/mol. The molecule has 0 aromatic rings. The number of guanidine groups is 2. The Kier molecular flexibility index (Phi) is 31.2.